The molecular formula is C13H21N3O2. The van der Waals surface area contributed by atoms with Crippen LogP contribution in [0.5, 0.6) is 0 Å². The number of nitro groups is 1. The Kier molecular flexibility index (Phi) is 4.78. The lowest BCUT2D eigenvalue weighted by Gasteiger charge is -2.19. The minimum Gasteiger partial charge on any atom is -0.317 e. The summed E-state index contributed by atoms with van der Waals surface area (Å²) < 4.78 is 0. The van der Waals surface area contributed by atoms with Gasteiger partial charge in [0.15, 0.2) is 0 Å². The molecule has 0 fully saturated rings. The zero-order valence-electron chi connectivity index (χ0n) is 11.7. The molecule has 100 valence electrons. The number of aromatic nitrogens is 1. The first-order valence-electron chi connectivity index (χ1n) is 6.15. The molecule has 1 aromatic rings. The summed E-state index contributed by atoms with van der Waals surface area (Å²) >= 11 is 0. The Balaban J connectivity index is 3.05. The largest absolute Gasteiger partial charge is 0.317 e. The van der Waals surface area contributed by atoms with Crippen LogP contribution in [-0.4, -0.2) is 23.0 Å². The molecule has 1 aromatic heterocycles. The summed E-state index contributed by atoms with van der Waals surface area (Å²) in [5, 5.41) is 14.2. The Labute approximate surface area is 108 Å². The summed E-state index contributed by atoms with van der Waals surface area (Å²) in [6, 6.07) is 0.353. The first-order valence-corrected chi connectivity index (χ1v) is 6.15. The quantitative estimate of drug-likeness (QED) is 0.644. The van der Waals surface area contributed by atoms with E-state index in [4.69, 9.17) is 0 Å². The highest BCUT2D eigenvalue weighted by molar-refractivity contribution is 5.47. The molecule has 1 rings (SSSR count). The number of nitrogens with one attached hydrogen (secondary N) is 1. The normalized spacial score (nSPS) is 14.3. The van der Waals surface area contributed by atoms with Gasteiger partial charge in [0.05, 0.1) is 10.6 Å². The molecule has 1 heterocycles. The summed E-state index contributed by atoms with van der Waals surface area (Å²) in [5.74, 6) is 0.378. The molecule has 0 saturated carbocycles. The maximum atomic E-state index is 11.0. The third-order valence-electron chi connectivity index (χ3n) is 3.58. The summed E-state index contributed by atoms with van der Waals surface area (Å²) in [4.78, 5) is 15.1. The number of nitrogens with zero attached hydrogens (tertiary/aromatic N) is 2. The van der Waals surface area contributed by atoms with Crippen molar-refractivity contribution in [3.8, 4) is 0 Å². The van der Waals surface area contributed by atoms with Gasteiger partial charge in [-0.15, -0.1) is 0 Å². The highest BCUT2D eigenvalue weighted by Gasteiger charge is 2.21. The van der Waals surface area contributed by atoms with Crippen LogP contribution in [0.4, 0.5) is 5.69 Å². The Bertz CT molecular complexity index is 446. The second-order valence-corrected chi connectivity index (χ2v) is 4.88. The minimum atomic E-state index is -0.317. The monoisotopic (exact) mass is 251 g/mol. The maximum absolute atomic E-state index is 11.0. The van der Waals surface area contributed by atoms with Gasteiger partial charge < -0.3 is 5.32 Å². The van der Waals surface area contributed by atoms with Crippen LogP contribution < -0.4 is 5.32 Å². The molecule has 0 radical (unpaired) electrons. The van der Waals surface area contributed by atoms with Gasteiger partial charge >= 0.3 is 0 Å². The molecule has 0 amide bonds. The molecule has 0 aliphatic rings. The SMILES string of the molecule is CNC(C)C(C)Cc1ncc(C)c([N+](=O)[O-])c1C. The number of aryl methyl sites for hydroxylation is 1. The van der Waals surface area contributed by atoms with E-state index in [2.05, 4.69) is 24.1 Å². The van der Waals surface area contributed by atoms with Crippen LogP contribution in [0, 0.1) is 29.9 Å². The van der Waals surface area contributed by atoms with E-state index in [1.807, 2.05) is 7.05 Å². The maximum Gasteiger partial charge on any atom is 0.278 e. The number of pyridine rings is 1. The third kappa shape index (κ3) is 3.04. The fraction of sp³-hybridized carbons (Fsp3) is 0.615. The highest BCUT2D eigenvalue weighted by Crippen LogP contribution is 2.25. The average molecular weight is 251 g/mol. The Morgan fingerprint density at radius 3 is 2.56 bits per heavy atom. The Morgan fingerprint density at radius 2 is 2.06 bits per heavy atom. The molecule has 0 saturated heterocycles. The van der Waals surface area contributed by atoms with E-state index in [9.17, 15) is 10.1 Å². The van der Waals surface area contributed by atoms with Gasteiger partial charge in [0.1, 0.15) is 0 Å². The second kappa shape index (κ2) is 5.91. The Hall–Kier alpha value is -1.49. The lowest BCUT2D eigenvalue weighted by molar-refractivity contribution is -0.386. The fourth-order valence-corrected chi connectivity index (χ4v) is 2.02. The lowest BCUT2D eigenvalue weighted by atomic mass is 9.95. The molecule has 0 bridgehead atoms. The number of hydrogen-bond acceptors (Lipinski definition) is 4. The van der Waals surface area contributed by atoms with Crippen LogP contribution in [0.15, 0.2) is 6.20 Å². The molecule has 0 spiro atoms. The predicted octanol–water partition coefficient (Wildman–Crippen LogP) is 2.39. The zero-order valence-corrected chi connectivity index (χ0v) is 11.7. The molecule has 0 aliphatic carbocycles. The third-order valence-corrected chi connectivity index (χ3v) is 3.58. The molecule has 18 heavy (non-hydrogen) atoms. The van der Waals surface area contributed by atoms with E-state index in [-0.39, 0.29) is 10.6 Å². The molecule has 0 aromatic carbocycles. The minimum absolute atomic E-state index is 0.198. The smallest absolute Gasteiger partial charge is 0.278 e. The van der Waals surface area contributed by atoms with Crippen molar-refractivity contribution in [1.82, 2.24) is 10.3 Å². The highest BCUT2D eigenvalue weighted by atomic mass is 16.6. The van der Waals surface area contributed by atoms with Crippen molar-refractivity contribution in [3.63, 3.8) is 0 Å². The van der Waals surface area contributed by atoms with E-state index < -0.39 is 0 Å². The molecular weight excluding hydrogens is 230 g/mol. The van der Waals surface area contributed by atoms with Crippen molar-refractivity contribution < 1.29 is 4.92 Å². The summed E-state index contributed by atoms with van der Waals surface area (Å²) in [5.41, 5.74) is 2.33. The summed E-state index contributed by atoms with van der Waals surface area (Å²) in [7, 11) is 1.92. The lowest BCUT2D eigenvalue weighted by Crippen LogP contribution is -2.30. The fourth-order valence-electron chi connectivity index (χ4n) is 2.02. The zero-order chi connectivity index (χ0) is 13.9. The van der Waals surface area contributed by atoms with Gasteiger partial charge in [0.2, 0.25) is 0 Å². The van der Waals surface area contributed by atoms with Gasteiger partial charge in [-0.3, -0.25) is 15.1 Å². The van der Waals surface area contributed by atoms with Gasteiger partial charge in [0, 0.05) is 23.4 Å². The van der Waals surface area contributed by atoms with Gasteiger partial charge in [-0.1, -0.05) is 6.92 Å². The van der Waals surface area contributed by atoms with Crippen LogP contribution in [0.1, 0.15) is 30.7 Å². The average Bonchev–Trinajstić information content (AvgIpc) is 2.31. The van der Waals surface area contributed by atoms with E-state index in [0.29, 0.717) is 23.1 Å². The van der Waals surface area contributed by atoms with E-state index in [1.165, 1.54) is 0 Å². The number of rotatable bonds is 5. The first-order chi connectivity index (χ1) is 8.38. The van der Waals surface area contributed by atoms with E-state index >= 15 is 0 Å². The molecule has 5 nitrogen and oxygen atoms in total. The van der Waals surface area contributed by atoms with Crippen LogP contribution in [0.3, 0.4) is 0 Å². The van der Waals surface area contributed by atoms with E-state index in [0.717, 1.165) is 12.1 Å². The topological polar surface area (TPSA) is 68.1 Å². The summed E-state index contributed by atoms with van der Waals surface area (Å²) in [6.45, 7) is 7.72. The van der Waals surface area contributed by atoms with Crippen molar-refractivity contribution >= 4 is 5.69 Å². The predicted molar refractivity (Wildman–Crippen MR) is 71.8 cm³/mol. The van der Waals surface area contributed by atoms with Crippen molar-refractivity contribution in [1.29, 1.82) is 0 Å². The van der Waals surface area contributed by atoms with Crippen LogP contribution >= 0.6 is 0 Å². The number of hydrogen-bond donors (Lipinski definition) is 1. The van der Waals surface area contributed by atoms with Gasteiger partial charge in [0.25, 0.3) is 5.69 Å². The second-order valence-electron chi connectivity index (χ2n) is 4.88. The standard InChI is InChI=1S/C13H21N3O2/c1-8(11(4)14-5)6-12-10(3)13(16(17)18)9(2)7-15-12/h7-8,11,14H,6H2,1-5H3. The van der Waals surface area contributed by atoms with Crippen molar-refractivity contribution in [2.45, 2.75) is 40.2 Å². The molecule has 1 N–H and O–H groups in total. The Morgan fingerprint density at radius 1 is 1.44 bits per heavy atom. The molecule has 5 heteroatoms. The molecule has 0 aliphatic heterocycles. The van der Waals surface area contributed by atoms with Crippen molar-refractivity contribution in [2.24, 2.45) is 5.92 Å². The molecule has 2 unspecified atom stereocenters. The van der Waals surface area contributed by atoms with Crippen LogP contribution in [-0.2, 0) is 6.42 Å². The summed E-state index contributed by atoms with van der Waals surface area (Å²) in [6.07, 6.45) is 2.34. The van der Waals surface area contributed by atoms with Gasteiger partial charge in [-0.05, 0) is 40.2 Å². The van der Waals surface area contributed by atoms with Gasteiger partial charge in [-0.25, -0.2) is 0 Å². The first kappa shape index (κ1) is 14.6. The van der Waals surface area contributed by atoms with Crippen molar-refractivity contribution in [3.05, 3.63) is 33.1 Å². The van der Waals surface area contributed by atoms with E-state index in [1.54, 1.807) is 20.0 Å². The van der Waals surface area contributed by atoms with Crippen molar-refractivity contribution in [2.75, 3.05) is 7.05 Å². The van der Waals surface area contributed by atoms with Crippen LogP contribution in [0.2, 0.25) is 0 Å². The van der Waals surface area contributed by atoms with Crippen LogP contribution in [0.25, 0.3) is 0 Å². The molecule has 2 atom stereocenters. The van der Waals surface area contributed by atoms with Gasteiger partial charge in [-0.2, -0.15) is 0 Å².